The fourth-order valence-electron chi connectivity index (χ4n) is 5.02. The predicted molar refractivity (Wildman–Crippen MR) is 178 cm³/mol. The standard InChI is InChI=1S/C36H41N3O5S/c1-26(2)37-36(41)34(23-29-12-7-6-8-13-29)38(24-30-14-10-9-11-28(30)4)35(40)25-39(31-17-19-32(44-5)20-18-31)45(42,43)33-21-15-27(3)16-22-33/h6-22,26,34H,23-25H2,1-5H3,(H,37,41)/t34-/m0/s1. The minimum Gasteiger partial charge on any atom is -0.497 e. The topological polar surface area (TPSA) is 96.0 Å². The Morgan fingerprint density at radius 1 is 0.822 bits per heavy atom. The van der Waals surface area contributed by atoms with Crippen LogP contribution in [-0.4, -0.2) is 50.9 Å². The molecule has 0 spiro atoms. The molecule has 1 atom stereocenters. The third kappa shape index (κ3) is 8.51. The number of anilines is 1. The fraction of sp³-hybridized carbons (Fsp3) is 0.278. The zero-order valence-electron chi connectivity index (χ0n) is 26.4. The quantitative estimate of drug-likeness (QED) is 0.206. The van der Waals surface area contributed by atoms with E-state index in [2.05, 4.69) is 5.32 Å². The molecule has 0 radical (unpaired) electrons. The van der Waals surface area contributed by atoms with Crippen LogP contribution in [0.15, 0.2) is 108 Å². The number of carbonyl (C=O) groups is 2. The van der Waals surface area contributed by atoms with Gasteiger partial charge in [-0.3, -0.25) is 13.9 Å². The fourth-order valence-corrected chi connectivity index (χ4v) is 6.43. The molecule has 4 rings (SSSR count). The Balaban J connectivity index is 1.81. The van der Waals surface area contributed by atoms with Gasteiger partial charge in [-0.05, 0) is 80.8 Å². The first kappa shape index (κ1) is 33.3. The molecule has 0 bridgehead atoms. The Morgan fingerprint density at radius 3 is 2.04 bits per heavy atom. The van der Waals surface area contributed by atoms with Crippen molar-refractivity contribution in [3.63, 3.8) is 0 Å². The summed E-state index contributed by atoms with van der Waals surface area (Å²) in [5.41, 5.74) is 3.90. The maximum Gasteiger partial charge on any atom is 0.264 e. The summed E-state index contributed by atoms with van der Waals surface area (Å²) in [6, 6.07) is 29.1. The van der Waals surface area contributed by atoms with Crippen molar-refractivity contribution in [2.75, 3.05) is 18.0 Å². The number of carbonyl (C=O) groups excluding carboxylic acids is 2. The number of nitrogens with zero attached hydrogens (tertiary/aromatic N) is 2. The van der Waals surface area contributed by atoms with E-state index < -0.39 is 28.5 Å². The summed E-state index contributed by atoms with van der Waals surface area (Å²) >= 11 is 0. The first-order valence-corrected chi connectivity index (χ1v) is 16.4. The summed E-state index contributed by atoms with van der Waals surface area (Å²) in [6.45, 7) is 7.16. The predicted octanol–water partition coefficient (Wildman–Crippen LogP) is 5.67. The van der Waals surface area contributed by atoms with E-state index in [-0.39, 0.29) is 29.8 Å². The highest BCUT2D eigenvalue weighted by molar-refractivity contribution is 7.92. The average molecular weight is 628 g/mol. The average Bonchev–Trinajstić information content (AvgIpc) is 3.02. The van der Waals surface area contributed by atoms with E-state index in [0.29, 0.717) is 11.4 Å². The van der Waals surface area contributed by atoms with Gasteiger partial charge in [0.2, 0.25) is 11.8 Å². The molecule has 8 nitrogen and oxygen atoms in total. The number of amides is 2. The van der Waals surface area contributed by atoms with Crippen LogP contribution in [-0.2, 0) is 32.6 Å². The van der Waals surface area contributed by atoms with E-state index in [1.54, 1.807) is 36.4 Å². The number of hydrogen-bond donors (Lipinski definition) is 1. The van der Waals surface area contributed by atoms with Crippen molar-refractivity contribution < 1.29 is 22.7 Å². The van der Waals surface area contributed by atoms with Crippen molar-refractivity contribution in [2.45, 2.75) is 57.6 Å². The van der Waals surface area contributed by atoms with Crippen LogP contribution in [0.4, 0.5) is 5.69 Å². The van der Waals surface area contributed by atoms with Gasteiger partial charge in [0.15, 0.2) is 0 Å². The number of benzene rings is 4. The number of sulfonamides is 1. The van der Waals surface area contributed by atoms with Gasteiger partial charge < -0.3 is 15.0 Å². The molecule has 0 aliphatic carbocycles. The lowest BCUT2D eigenvalue weighted by molar-refractivity contribution is -0.140. The number of aryl methyl sites for hydroxylation is 2. The molecule has 0 aliphatic rings. The first-order valence-electron chi connectivity index (χ1n) is 14.9. The van der Waals surface area contributed by atoms with E-state index in [4.69, 9.17) is 4.74 Å². The number of ether oxygens (including phenoxy) is 1. The smallest absolute Gasteiger partial charge is 0.264 e. The molecule has 0 aliphatic heterocycles. The van der Waals surface area contributed by atoms with Crippen LogP contribution in [0.1, 0.15) is 36.1 Å². The Hall–Kier alpha value is -4.63. The summed E-state index contributed by atoms with van der Waals surface area (Å²) in [6.07, 6.45) is 0.254. The lowest BCUT2D eigenvalue weighted by atomic mass is 10.0. The second-order valence-corrected chi connectivity index (χ2v) is 13.2. The molecule has 0 unspecified atom stereocenters. The highest BCUT2D eigenvalue weighted by Gasteiger charge is 2.35. The SMILES string of the molecule is COc1ccc(N(CC(=O)N(Cc2ccccc2C)[C@@H](Cc2ccccc2)C(=O)NC(C)C)S(=O)(=O)c2ccc(C)cc2)cc1. The largest absolute Gasteiger partial charge is 0.497 e. The lowest BCUT2D eigenvalue weighted by Gasteiger charge is -2.34. The zero-order chi connectivity index (χ0) is 32.6. The highest BCUT2D eigenvalue weighted by Crippen LogP contribution is 2.27. The summed E-state index contributed by atoms with van der Waals surface area (Å²) in [4.78, 5) is 29.9. The van der Waals surface area contributed by atoms with Crippen molar-refractivity contribution in [2.24, 2.45) is 0 Å². The summed E-state index contributed by atoms with van der Waals surface area (Å²) in [5, 5.41) is 2.98. The number of methoxy groups -OCH3 is 1. The molecule has 1 N–H and O–H groups in total. The molecule has 45 heavy (non-hydrogen) atoms. The monoisotopic (exact) mass is 627 g/mol. The maximum atomic E-state index is 14.5. The third-order valence-electron chi connectivity index (χ3n) is 7.55. The zero-order valence-corrected chi connectivity index (χ0v) is 27.3. The van der Waals surface area contributed by atoms with Gasteiger partial charge in [0.25, 0.3) is 10.0 Å². The second-order valence-electron chi connectivity index (χ2n) is 11.3. The van der Waals surface area contributed by atoms with Crippen molar-refractivity contribution >= 4 is 27.5 Å². The van der Waals surface area contributed by atoms with Gasteiger partial charge in [-0.2, -0.15) is 0 Å². The molecule has 0 aromatic heterocycles. The summed E-state index contributed by atoms with van der Waals surface area (Å²) in [5.74, 6) is -0.273. The van der Waals surface area contributed by atoms with Gasteiger partial charge in [0.1, 0.15) is 18.3 Å². The second kappa shape index (κ2) is 14.9. The summed E-state index contributed by atoms with van der Waals surface area (Å²) < 4.78 is 34.7. The van der Waals surface area contributed by atoms with Gasteiger partial charge in [0.05, 0.1) is 17.7 Å². The minimum absolute atomic E-state index is 0.0561. The maximum absolute atomic E-state index is 14.5. The van der Waals surface area contributed by atoms with Crippen molar-refractivity contribution in [3.05, 3.63) is 125 Å². The third-order valence-corrected chi connectivity index (χ3v) is 9.34. The van der Waals surface area contributed by atoms with Gasteiger partial charge in [-0.1, -0.05) is 72.3 Å². The van der Waals surface area contributed by atoms with Crippen molar-refractivity contribution in [3.8, 4) is 5.75 Å². The van der Waals surface area contributed by atoms with E-state index in [9.17, 15) is 18.0 Å². The van der Waals surface area contributed by atoms with E-state index in [1.165, 1.54) is 24.1 Å². The normalized spacial score (nSPS) is 12.0. The Labute approximate surface area is 266 Å². The lowest BCUT2D eigenvalue weighted by Crippen LogP contribution is -2.54. The molecule has 0 heterocycles. The van der Waals surface area contributed by atoms with E-state index in [1.807, 2.05) is 82.3 Å². The molecule has 4 aromatic carbocycles. The Kier molecular flexibility index (Phi) is 11.0. The molecule has 0 saturated carbocycles. The molecule has 9 heteroatoms. The number of hydrogen-bond acceptors (Lipinski definition) is 5. The Morgan fingerprint density at radius 2 is 1.44 bits per heavy atom. The van der Waals surface area contributed by atoms with Crippen LogP contribution < -0.4 is 14.4 Å². The van der Waals surface area contributed by atoms with Gasteiger partial charge in [0, 0.05) is 19.0 Å². The molecule has 236 valence electrons. The van der Waals surface area contributed by atoms with Gasteiger partial charge in [-0.15, -0.1) is 0 Å². The van der Waals surface area contributed by atoms with Crippen molar-refractivity contribution in [1.29, 1.82) is 0 Å². The molecular weight excluding hydrogens is 586 g/mol. The van der Waals surface area contributed by atoms with Gasteiger partial charge in [-0.25, -0.2) is 8.42 Å². The van der Waals surface area contributed by atoms with Crippen LogP contribution >= 0.6 is 0 Å². The number of rotatable bonds is 13. The van der Waals surface area contributed by atoms with Crippen LogP contribution in [0.2, 0.25) is 0 Å². The van der Waals surface area contributed by atoms with E-state index >= 15 is 0 Å². The minimum atomic E-state index is -4.18. The highest BCUT2D eigenvalue weighted by atomic mass is 32.2. The van der Waals surface area contributed by atoms with Crippen LogP contribution in [0.5, 0.6) is 5.75 Å². The summed E-state index contributed by atoms with van der Waals surface area (Å²) in [7, 11) is -2.65. The van der Waals surface area contributed by atoms with Crippen LogP contribution in [0.3, 0.4) is 0 Å². The molecule has 0 fully saturated rings. The molecule has 4 aromatic rings. The number of nitrogens with one attached hydrogen (secondary N) is 1. The molecule has 2 amide bonds. The molecule has 0 saturated heterocycles. The van der Waals surface area contributed by atoms with Crippen LogP contribution in [0, 0.1) is 13.8 Å². The first-order chi connectivity index (χ1) is 21.5. The Bertz CT molecular complexity index is 1690. The molecular formula is C36H41N3O5S. The van der Waals surface area contributed by atoms with Crippen molar-refractivity contribution in [1.82, 2.24) is 10.2 Å². The van der Waals surface area contributed by atoms with Gasteiger partial charge >= 0.3 is 0 Å². The van der Waals surface area contributed by atoms with Crippen LogP contribution in [0.25, 0.3) is 0 Å². The van der Waals surface area contributed by atoms with E-state index in [0.717, 1.165) is 26.6 Å².